The van der Waals surface area contributed by atoms with Gasteiger partial charge in [-0.3, -0.25) is 14.4 Å². The van der Waals surface area contributed by atoms with Crippen LogP contribution in [0.3, 0.4) is 0 Å². The second-order valence-electron chi connectivity index (χ2n) is 5.27. The Morgan fingerprint density at radius 1 is 1.21 bits per heavy atom. The molecule has 2 amide bonds. The summed E-state index contributed by atoms with van der Waals surface area (Å²) in [6, 6.07) is 5.37. The topological polar surface area (TPSA) is 103 Å². The van der Waals surface area contributed by atoms with E-state index in [9.17, 15) is 14.4 Å². The lowest BCUT2D eigenvalue weighted by Crippen LogP contribution is -2.36. The Morgan fingerprint density at radius 3 is 2.71 bits per heavy atom. The third-order valence-corrected chi connectivity index (χ3v) is 3.28. The van der Waals surface area contributed by atoms with Crippen molar-refractivity contribution >= 4 is 17.8 Å². The quantitative estimate of drug-likeness (QED) is 0.703. The summed E-state index contributed by atoms with van der Waals surface area (Å²) in [6.45, 7) is 3.50. The standard InChI is InChI=1S/C16H20N2O6/c1-10(24-15(20)5-6-17-11(2)19)16(21)18-8-12-3-4-13-14(7-12)23-9-22-13/h3-4,7,10H,5-6,8-9H2,1-2H3,(H,17,19)(H,18,21)/t10-/m1/s1. The van der Waals surface area contributed by atoms with E-state index in [1.54, 1.807) is 12.1 Å². The van der Waals surface area contributed by atoms with Gasteiger partial charge in [0.05, 0.1) is 6.42 Å². The fourth-order valence-corrected chi connectivity index (χ4v) is 2.03. The molecule has 0 aliphatic carbocycles. The second kappa shape index (κ2) is 8.19. The highest BCUT2D eigenvalue weighted by Crippen LogP contribution is 2.32. The van der Waals surface area contributed by atoms with Gasteiger partial charge < -0.3 is 24.8 Å². The summed E-state index contributed by atoms with van der Waals surface area (Å²) in [7, 11) is 0. The molecule has 0 saturated heterocycles. The van der Waals surface area contributed by atoms with Gasteiger partial charge in [0.1, 0.15) is 0 Å². The number of ether oxygens (including phenoxy) is 3. The van der Waals surface area contributed by atoms with Gasteiger partial charge in [-0.05, 0) is 24.6 Å². The van der Waals surface area contributed by atoms with E-state index >= 15 is 0 Å². The molecule has 0 aromatic heterocycles. The van der Waals surface area contributed by atoms with Gasteiger partial charge in [-0.1, -0.05) is 6.07 Å². The minimum atomic E-state index is -0.913. The van der Waals surface area contributed by atoms with E-state index < -0.39 is 18.0 Å². The first kappa shape index (κ1) is 17.6. The molecular weight excluding hydrogens is 316 g/mol. The first-order valence-corrected chi connectivity index (χ1v) is 7.56. The van der Waals surface area contributed by atoms with Crippen molar-refractivity contribution in [1.82, 2.24) is 10.6 Å². The Bertz CT molecular complexity index is 631. The molecule has 1 aliphatic rings. The van der Waals surface area contributed by atoms with Crippen LogP contribution in [0.25, 0.3) is 0 Å². The van der Waals surface area contributed by atoms with Crippen LogP contribution in [-0.4, -0.2) is 37.2 Å². The van der Waals surface area contributed by atoms with E-state index in [2.05, 4.69) is 10.6 Å². The predicted molar refractivity (Wildman–Crippen MR) is 83.3 cm³/mol. The molecule has 8 heteroatoms. The van der Waals surface area contributed by atoms with Crippen LogP contribution in [0.2, 0.25) is 0 Å². The molecule has 24 heavy (non-hydrogen) atoms. The highest BCUT2D eigenvalue weighted by Gasteiger charge is 2.18. The maximum absolute atomic E-state index is 12.0. The fourth-order valence-electron chi connectivity index (χ4n) is 2.03. The first-order valence-electron chi connectivity index (χ1n) is 7.56. The van der Waals surface area contributed by atoms with E-state index in [1.165, 1.54) is 13.8 Å². The minimum absolute atomic E-state index is 0.0133. The van der Waals surface area contributed by atoms with Crippen molar-refractivity contribution in [2.24, 2.45) is 0 Å². The molecule has 0 radical (unpaired) electrons. The molecule has 2 N–H and O–H groups in total. The maximum atomic E-state index is 12.0. The first-order chi connectivity index (χ1) is 11.5. The molecule has 0 fully saturated rings. The average molecular weight is 336 g/mol. The Morgan fingerprint density at radius 2 is 1.96 bits per heavy atom. The Balaban J connectivity index is 1.73. The molecule has 0 unspecified atom stereocenters. The summed E-state index contributed by atoms with van der Waals surface area (Å²) in [5.41, 5.74) is 0.844. The van der Waals surface area contributed by atoms with E-state index in [0.717, 1.165) is 5.56 Å². The Hall–Kier alpha value is -2.77. The van der Waals surface area contributed by atoms with E-state index in [0.29, 0.717) is 11.5 Å². The zero-order valence-electron chi connectivity index (χ0n) is 13.6. The van der Waals surface area contributed by atoms with Crippen molar-refractivity contribution in [2.75, 3.05) is 13.3 Å². The SMILES string of the molecule is CC(=O)NCCC(=O)O[C@H](C)C(=O)NCc1ccc2c(c1)OCO2. The third kappa shape index (κ3) is 5.15. The normalized spacial score (nSPS) is 13.1. The monoisotopic (exact) mass is 336 g/mol. The van der Waals surface area contributed by atoms with Crippen molar-refractivity contribution < 1.29 is 28.6 Å². The molecule has 2 rings (SSSR count). The largest absolute Gasteiger partial charge is 0.454 e. The molecule has 1 atom stereocenters. The van der Waals surface area contributed by atoms with Crippen LogP contribution in [0.4, 0.5) is 0 Å². The lowest BCUT2D eigenvalue weighted by molar-refractivity contribution is -0.154. The number of benzene rings is 1. The van der Waals surface area contributed by atoms with Crippen molar-refractivity contribution in [3.8, 4) is 11.5 Å². The second-order valence-corrected chi connectivity index (χ2v) is 5.27. The zero-order chi connectivity index (χ0) is 17.5. The van der Waals surface area contributed by atoms with Crippen LogP contribution >= 0.6 is 0 Å². The highest BCUT2D eigenvalue weighted by molar-refractivity contribution is 5.83. The van der Waals surface area contributed by atoms with Crippen molar-refractivity contribution in [2.45, 2.75) is 32.9 Å². The molecule has 8 nitrogen and oxygen atoms in total. The molecule has 1 aromatic rings. The van der Waals surface area contributed by atoms with Gasteiger partial charge in [0.25, 0.3) is 5.91 Å². The molecule has 1 heterocycles. The maximum Gasteiger partial charge on any atom is 0.308 e. The lowest BCUT2D eigenvalue weighted by atomic mass is 10.2. The van der Waals surface area contributed by atoms with Crippen LogP contribution < -0.4 is 20.1 Å². The average Bonchev–Trinajstić information content (AvgIpc) is 2.99. The van der Waals surface area contributed by atoms with Gasteiger partial charge in [0, 0.05) is 20.0 Å². The summed E-state index contributed by atoms with van der Waals surface area (Å²) in [6.07, 6.45) is -0.900. The molecule has 0 bridgehead atoms. The molecule has 1 aliphatic heterocycles. The summed E-state index contributed by atoms with van der Waals surface area (Å²) in [4.78, 5) is 34.2. The Labute approximate surface area is 139 Å². The van der Waals surface area contributed by atoms with Gasteiger partial charge >= 0.3 is 5.97 Å². The van der Waals surface area contributed by atoms with Crippen molar-refractivity contribution in [1.29, 1.82) is 0 Å². The molecule has 0 saturated carbocycles. The van der Waals surface area contributed by atoms with Crippen LogP contribution in [0.5, 0.6) is 11.5 Å². The number of carbonyl (C=O) groups excluding carboxylic acids is 3. The molecule has 0 spiro atoms. The number of hydrogen-bond donors (Lipinski definition) is 2. The number of carbonyl (C=O) groups is 3. The number of rotatable bonds is 7. The van der Waals surface area contributed by atoms with Crippen LogP contribution in [0.1, 0.15) is 25.8 Å². The zero-order valence-corrected chi connectivity index (χ0v) is 13.6. The highest BCUT2D eigenvalue weighted by atomic mass is 16.7. The minimum Gasteiger partial charge on any atom is -0.454 e. The summed E-state index contributed by atoms with van der Waals surface area (Å²) >= 11 is 0. The van der Waals surface area contributed by atoms with Crippen molar-refractivity contribution in [3.05, 3.63) is 23.8 Å². The van der Waals surface area contributed by atoms with Gasteiger partial charge in [0.2, 0.25) is 12.7 Å². The van der Waals surface area contributed by atoms with E-state index in [-0.39, 0.29) is 32.2 Å². The molecule has 1 aromatic carbocycles. The summed E-state index contributed by atoms with van der Waals surface area (Å²) in [5.74, 6) is 0.137. The smallest absolute Gasteiger partial charge is 0.308 e. The third-order valence-electron chi connectivity index (χ3n) is 3.28. The lowest BCUT2D eigenvalue weighted by Gasteiger charge is -2.13. The number of fused-ring (bicyclic) bond motifs is 1. The number of nitrogens with one attached hydrogen (secondary N) is 2. The summed E-state index contributed by atoms with van der Waals surface area (Å²) in [5, 5.41) is 5.17. The molecule has 130 valence electrons. The number of amides is 2. The van der Waals surface area contributed by atoms with Gasteiger partial charge in [-0.2, -0.15) is 0 Å². The predicted octanol–water partition coefficient (Wildman–Crippen LogP) is 0.489. The van der Waals surface area contributed by atoms with Gasteiger partial charge in [0.15, 0.2) is 17.6 Å². The summed E-state index contributed by atoms with van der Waals surface area (Å²) < 4.78 is 15.5. The Kier molecular flexibility index (Phi) is 6.00. The van der Waals surface area contributed by atoms with Crippen molar-refractivity contribution in [3.63, 3.8) is 0 Å². The van der Waals surface area contributed by atoms with Crippen LogP contribution in [0, 0.1) is 0 Å². The van der Waals surface area contributed by atoms with E-state index in [4.69, 9.17) is 14.2 Å². The van der Waals surface area contributed by atoms with Crippen LogP contribution in [-0.2, 0) is 25.7 Å². The fraction of sp³-hybridized carbons (Fsp3) is 0.438. The van der Waals surface area contributed by atoms with Gasteiger partial charge in [-0.25, -0.2) is 0 Å². The number of hydrogen-bond acceptors (Lipinski definition) is 6. The van der Waals surface area contributed by atoms with E-state index in [1.807, 2.05) is 6.07 Å². The molecular formula is C16H20N2O6. The van der Waals surface area contributed by atoms with Gasteiger partial charge in [-0.15, -0.1) is 0 Å². The number of esters is 1. The van der Waals surface area contributed by atoms with Crippen LogP contribution in [0.15, 0.2) is 18.2 Å².